The highest BCUT2D eigenvalue weighted by molar-refractivity contribution is 5.80. The molecule has 8 atom stereocenters. The van der Waals surface area contributed by atoms with Gasteiger partial charge in [0.25, 0.3) is 0 Å². The van der Waals surface area contributed by atoms with Gasteiger partial charge in [-0.2, -0.15) is 0 Å². The summed E-state index contributed by atoms with van der Waals surface area (Å²) < 4.78 is 0. The molecule has 2 nitrogen and oxygen atoms in total. The topological polar surface area (TPSA) is 37.3 Å². The Balaban J connectivity index is 1.55. The zero-order valence-electron chi connectivity index (χ0n) is 19.5. The lowest BCUT2D eigenvalue weighted by Gasteiger charge is -2.58. The molecule has 0 amide bonds. The molecule has 4 aliphatic carbocycles. The predicted octanol–water partition coefficient (Wildman–Crippen LogP) is 6.57. The summed E-state index contributed by atoms with van der Waals surface area (Å²) in [5.74, 6) is 4.21. The molecule has 0 spiro atoms. The van der Waals surface area contributed by atoms with E-state index in [1.807, 2.05) is 0 Å². The molecule has 0 radical (unpaired) electrons. The molecule has 1 N–H and O–H groups in total. The van der Waals surface area contributed by atoms with Crippen LogP contribution >= 0.6 is 0 Å². The number of ketones is 1. The lowest BCUT2D eigenvalue weighted by molar-refractivity contribution is -0.131. The van der Waals surface area contributed by atoms with E-state index in [1.165, 1.54) is 44.9 Å². The lowest BCUT2D eigenvalue weighted by atomic mass is 9.47. The molecule has 0 aromatic heterocycles. The molecular weight excluding hydrogens is 356 g/mol. The summed E-state index contributed by atoms with van der Waals surface area (Å²) in [6.45, 7) is 12.2. The van der Waals surface area contributed by atoms with E-state index in [0.29, 0.717) is 29.5 Å². The second kappa shape index (κ2) is 7.81. The third kappa shape index (κ3) is 3.56. The van der Waals surface area contributed by atoms with Crippen LogP contribution in [0.1, 0.15) is 98.8 Å². The molecular formula is C27H44O2. The van der Waals surface area contributed by atoms with Gasteiger partial charge in [-0.05, 0) is 72.5 Å². The van der Waals surface area contributed by atoms with Crippen molar-refractivity contribution >= 4 is 5.78 Å². The number of rotatable bonds is 5. The van der Waals surface area contributed by atoms with Gasteiger partial charge in [0.05, 0.1) is 6.10 Å². The minimum absolute atomic E-state index is 0.125. The molecule has 3 fully saturated rings. The standard InChI is InChI=1S/C27H44O2/c1-17(2)7-6-8-18(3)21-9-10-22-20-16-25(29)24-15-19(28)11-13-27(24,5)23(20)12-14-26(21,22)4/h16-18,21-25,29H,6-15H2,1-5H3/t18-,21-,22+,23+,24+,25-,26-,27-/m1/s1. The summed E-state index contributed by atoms with van der Waals surface area (Å²) >= 11 is 0. The van der Waals surface area contributed by atoms with Crippen LogP contribution < -0.4 is 0 Å². The van der Waals surface area contributed by atoms with Crippen LogP contribution in [0.5, 0.6) is 0 Å². The van der Waals surface area contributed by atoms with Crippen LogP contribution in [0.2, 0.25) is 0 Å². The number of carbonyl (C=O) groups excluding carboxylic acids is 1. The fraction of sp³-hybridized carbons (Fsp3) is 0.889. The Labute approximate surface area is 178 Å². The minimum atomic E-state index is -0.416. The van der Waals surface area contributed by atoms with Gasteiger partial charge < -0.3 is 5.11 Å². The average molecular weight is 401 g/mol. The van der Waals surface area contributed by atoms with E-state index in [2.05, 4.69) is 40.7 Å². The first kappa shape index (κ1) is 21.6. The number of allylic oxidation sites excluding steroid dienone is 1. The SMILES string of the molecule is CC(C)CCC[C@@H](C)[C@H]1CC[C@H]2C3=C[C@@H](O)[C@@H]4CC(=O)CC[C@]4(C)[C@H]3CC[C@]12C. The van der Waals surface area contributed by atoms with Gasteiger partial charge in [0.1, 0.15) is 5.78 Å². The summed E-state index contributed by atoms with van der Waals surface area (Å²) in [5.41, 5.74) is 2.13. The molecule has 4 rings (SSSR count). The zero-order valence-corrected chi connectivity index (χ0v) is 19.5. The summed E-state index contributed by atoms with van der Waals surface area (Å²) in [6.07, 6.45) is 13.5. The van der Waals surface area contributed by atoms with Crippen molar-refractivity contribution in [3.05, 3.63) is 11.6 Å². The maximum atomic E-state index is 12.1. The first-order chi connectivity index (χ1) is 13.7. The van der Waals surface area contributed by atoms with E-state index >= 15 is 0 Å². The van der Waals surface area contributed by atoms with Gasteiger partial charge in [0.2, 0.25) is 0 Å². The van der Waals surface area contributed by atoms with Crippen LogP contribution in [0.3, 0.4) is 0 Å². The number of Topliss-reactive ketones (excluding diaryl/α,β-unsaturated/α-hetero) is 1. The number of aliphatic hydroxyl groups excluding tert-OH is 1. The molecule has 0 aliphatic heterocycles. The molecule has 0 saturated heterocycles. The van der Waals surface area contributed by atoms with E-state index in [4.69, 9.17) is 0 Å². The number of hydrogen-bond acceptors (Lipinski definition) is 2. The van der Waals surface area contributed by atoms with Gasteiger partial charge in [-0.15, -0.1) is 0 Å². The predicted molar refractivity (Wildman–Crippen MR) is 119 cm³/mol. The number of hydrogen-bond donors (Lipinski definition) is 1. The molecule has 164 valence electrons. The average Bonchev–Trinajstić information content (AvgIpc) is 3.00. The molecule has 0 aromatic rings. The molecule has 0 unspecified atom stereocenters. The van der Waals surface area contributed by atoms with Crippen LogP contribution in [0.4, 0.5) is 0 Å². The Bertz CT molecular complexity index is 663. The van der Waals surface area contributed by atoms with Crippen LogP contribution in [0.25, 0.3) is 0 Å². The highest BCUT2D eigenvalue weighted by Crippen LogP contribution is 2.66. The van der Waals surface area contributed by atoms with Gasteiger partial charge >= 0.3 is 0 Å². The Morgan fingerprint density at radius 3 is 2.48 bits per heavy atom. The van der Waals surface area contributed by atoms with Crippen LogP contribution in [0.15, 0.2) is 11.6 Å². The van der Waals surface area contributed by atoms with E-state index in [9.17, 15) is 9.90 Å². The second-order valence-corrected chi connectivity index (χ2v) is 12.1. The maximum absolute atomic E-state index is 12.1. The molecule has 0 aromatic carbocycles. The van der Waals surface area contributed by atoms with Crippen molar-refractivity contribution in [3.8, 4) is 0 Å². The Kier molecular flexibility index (Phi) is 5.82. The second-order valence-electron chi connectivity index (χ2n) is 12.1. The van der Waals surface area contributed by atoms with Crippen LogP contribution in [0, 0.1) is 46.3 Å². The van der Waals surface area contributed by atoms with Crippen molar-refractivity contribution in [3.63, 3.8) is 0 Å². The first-order valence-corrected chi connectivity index (χ1v) is 12.6. The lowest BCUT2D eigenvalue weighted by Crippen LogP contribution is -2.53. The summed E-state index contributed by atoms with van der Waals surface area (Å²) in [6, 6.07) is 0. The van der Waals surface area contributed by atoms with Gasteiger partial charge in [-0.25, -0.2) is 0 Å². The molecule has 2 heteroatoms. The van der Waals surface area contributed by atoms with Gasteiger partial charge in [-0.1, -0.05) is 65.5 Å². The highest BCUT2D eigenvalue weighted by Gasteiger charge is 2.59. The van der Waals surface area contributed by atoms with Crippen molar-refractivity contribution in [1.82, 2.24) is 0 Å². The largest absolute Gasteiger partial charge is 0.389 e. The normalized spacial score (nSPS) is 45.4. The summed E-state index contributed by atoms with van der Waals surface area (Å²) in [4.78, 5) is 12.1. The monoisotopic (exact) mass is 400 g/mol. The molecule has 4 aliphatic rings. The summed E-state index contributed by atoms with van der Waals surface area (Å²) in [7, 11) is 0. The number of aliphatic hydroxyl groups is 1. The molecule has 0 bridgehead atoms. The smallest absolute Gasteiger partial charge is 0.133 e. The zero-order chi connectivity index (χ0) is 21.0. The third-order valence-corrected chi connectivity index (χ3v) is 10.1. The van der Waals surface area contributed by atoms with E-state index in [1.54, 1.807) is 5.57 Å². The van der Waals surface area contributed by atoms with E-state index in [0.717, 1.165) is 30.6 Å². The number of fused-ring (bicyclic) bond motifs is 5. The van der Waals surface area contributed by atoms with Crippen LogP contribution in [-0.4, -0.2) is 17.0 Å². The Hall–Kier alpha value is -0.630. The Morgan fingerprint density at radius 1 is 1.03 bits per heavy atom. The minimum Gasteiger partial charge on any atom is -0.389 e. The van der Waals surface area contributed by atoms with Crippen LogP contribution in [-0.2, 0) is 4.79 Å². The Morgan fingerprint density at radius 2 is 1.76 bits per heavy atom. The fourth-order valence-electron chi connectivity index (χ4n) is 8.39. The van der Waals surface area contributed by atoms with Crippen molar-refractivity contribution in [2.75, 3.05) is 0 Å². The van der Waals surface area contributed by atoms with E-state index in [-0.39, 0.29) is 11.3 Å². The van der Waals surface area contributed by atoms with Crippen molar-refractivity contribution < 1.29 is 9.90 Å². The molecule has 0 heterocycles. The molecule has 29 heavy (non-hydrogen) atoms. The van der Waals surface area contributed by atoms with E-state index < -0.39 is 6.10 Å². The third-order valence-electron chi connectivity index (χ3n) is 10.1. The first-order valence-electron chi connectivity index (χ1n) is 12.6. The van der Waals surface area contributed by atoms with Gasteiger partial charge in [0, 0.05) is 18.8 Å². The number of carbonyl (C=O) groups is 1. The molecule has 3 saturated carbocycles. The van der Waals surface area contributed by atoms with Crippen molar-refractivity contribution in [1.29, 1.82) is 0 Å². The van der Waals surface area contributed by atoms with Crippen molar-refractivity contribution in [2.45, 2.75) is 105 Å². The van der Waals surface area contributed by atoms with Gasteiger partial charge in [0.15, 0.2) is 0 Å². The van der Waals surface area contributed by atoms with Crippen molar-refractivity contribution in [2.24, 2.45) is 46.3 Å². The summed E-state index contributed by atoms with van der Waals surface area (Å²) in [5, 5.41) is 11.0. The van der Waals surface area contributed by atoms with Gasteiger partial charge in [-0.3, -0.25) is 4.79 Å². The fourth-order valence-corrected chi connectivity index (χ4v) is 8.39. The maximum Gasteiger partial charge on any atom is 0.133 e. The highest BCUT2D eigenvalue weighted by atomic mass is 16.3. The quantitative estimate of drug-likeness (QED) is 0.530.